The van der Waals surface area contributed by atoms with Crippen LogP contribution >= 0.6 is 11.3 Å². The van der Waals surface area contributed by atoms with Crippen LogP contribution in [0.4, 0.5) is 5.00 Å². The Balaban J connectivity index is 1.79. The van der Waals surface area contributed by atoms with E-state index in [2.05, 4.69) is 0 Å². The van der Waals surface area contributed by atoms with E-state index in [0.29, 0.717) is 10.6 Å². The Bertz CT molecular complexity index is 714. The minimum atomic E-state index is -0.396. The van der Waals surface area contributed by atoms with Gasteiger partial charge in [0.25, 0.3) is 0 Å². The van der Waals surface area contributed by atoms with Gasteiger partial charge in [-0.25, -0.2) is 9.69 Å². The molecule has 2 atom stereocenters. The molecule has 0 aromatic carbocycles. The molecule has 5 nitrogen and oxygen atoms in total. The predicted octanol–water partition coefficient (Wildman–Crippen LogP) is 3.48. The molecule has 1 aliphatic heterocycles. The van der Waals surface area contributed by atoms with Gasteiger partial charge in [-0.3, -0.25) is 9.59 Å². The highest BCUT2D eigenvalue weighted by molar-refractivity contribution is 7.17. The number of hydrogen-bond donors (Lipinski definition) is 0. The van der Waals surface area contributed by atoms with E-state index in [9.17, 15) is 14.4 Å². The minimum Gasteiger partial charge on any atom is -0.462 e. The van der Waals surface area contributed by atoms with Gasteiger partial charge in [0, 0.05) is 4.88 Å². The number of ether oxygens (including phenoxy) is 1. The molecule has 0 N–H and O–H groups in total. The van der Waals surface area contributed by atoms with E-state index >= 15 is 0 Å². The zero-order valence-electron chi connectivity index (χ0n) is 14.5. The number of rotatable bonds is 3. The van der Waals surface area contributed by atoms with E-state index < -0.39 is 5.97 Å². The molecule has 2 aliphatic carbocycles. The highest BCUT2D eigenvalue weighted by Crippen LogP contribution is 2.46. The van der Waals surface area contributed by atoms with Crippen LogP contribution in [-0.2, 0) is 27.2 Å². The maximum Gasteiger partial charge on any atom is 0.341 e. The third-order valence-electron chi connectivity index (χ3n) is 5.68. The second-order valence-corrected chi connectivity index (χ2v) is 8.20. The summed E-state index contributed by atoms with van der Waals surface area (Å²) in [6.45, 7) is 2.06. The molecule has 3 aliphatic rings. The van der Waals surface area contributed by atoms with Crippen LogP contribution in [0.25, 0.3) is 0 Å². The summed E-state index contributed by atoms with van der Waals surface area (Å²) in [7, 11) is 0. The first-order chi connectivity index (χ1) is 12.1. The minimum absolute atomic E-state index is 0.112. The molecule has 4 rings (SSSR count). The normalized spacial score (nSPS) is 25.7. The van der Waals surface area contributed by atoms with E-state index in [4.69, 9.17) is 4.74 Å². The van der Waals surface area contributed by atoms with Gasteiger partial charge in [0.2, 0.25) is 11.8 Å². The van der Waals surface area contributed by atoms with Crippen molar-refractivity contribution in [1.29, 1.82) is 0 Å². The maximum atomic E-state index is 13.0. The number of thiophene rings is 1. The van der Waals surface area contributed by atoms with Crippen molar-refractivity contribution in [2.75, 3.05) is 11.5 Å². The van der Waals surface area contributed by atoms with E-state index in [1.165, 1.54) is 16.2 Å². The Morgan fingerprint density at radius 3 is 2.36 bits per heavy atom. The van der Waals surface area contributed by atoms with Crippen molar-refractivity contribution in [3.63, 3.8) is 0 Å². The molecule has 25 heavy (non-hydrogen) atoms. The molecule has 134 valence electrons. The monoisotopic (exact) mass is 361 g/mol. The molecule has 6 heteroatoms. The van der Waals surface area contributed by atoms with Crippen molar-refractivity contribution in [2.45, 2.75) is 58.3 Å². The van der Waals surface area contributed by atoms with E-state index in [1.54, 1.807) is 6.92 Å². The van der Waals surface area contributed by atoms with E-state index in [0.717, 1.165) is 61.8 Å². The number of amides is 2. The molecule has 1 saturated carbocycles. The molecular formula is C19H23NO4S. The molecule has 2 heterocycles. The first-order valence-electron chi connectivity index (χ1n) is 9.33. The van der Waals surface area contributed by atoms with Crippen LogP contribution in [0.3, 0.4) is 0 Å². The first-order valence-corrected chi connectivity index (χ1v) is 10.1. The van der Waals surface area contributed by atoms with Crippen molar-refractivity contribution < 1.29 is 19.1 Å². The van der Waals surface area contributed by atoms with Crippen LogP contribution in [0.15, 0.2) is 0 Å². The SMILES string of the molecule is CCOC(=O)c1c(N2C(=O)C3CCCCC3C2=O)sc2c1CCCC2. The number of esters is 1. The van der Waals surface area contributed by atoms with Crippen LogP contribution < -0.4 is 4.90 Å². The third kappa shape index (κ3) is 2.62. The summed E-state index contributed by atoms with van der Waals surface area (Å²) in [5.74, 6) is -1.02. The van der Waals surface area contributed by atoms with Crippen LogP contribution in [-0.4, -0.2) is 24.4 Å². The second-order valence-electron chi connectivity index (χ2n) is 7.12. The fraction of sp³-hybridized carbons (Fsp3) is 0.632. The van der Waals surface area contributed by atoms with E-state index in [-0.39, 0.29) is 30.3 Å². The Morgan fingerprint density at radius 1 is 1.08 bits per heavy atom. The molecular weight excluding hydrogens is 338 g/mol. The summed E-state index contributed by atoms with van der Waals surface area (Å²) in [5, 5.41) is 0.523. The number of aryl methyl sites for hydroxylation is 1. The van der Waals surface area contributed by atoms with Gasteiger partial charge in [0.15, 0.2) is 0 Å². The Kier molecular flexibility index (Phi) is 4.40. The summed E-state index contributed by atoms with van der Waals surface area (Å²) in [5.41, 5.74) is 1.47. The lowest BCUT2D eigenvalue weighted by atomic mass is 9.81. The van der Waals surface area contributed by atoms with Gasteiger partial charge in [-0.15, -0.1) is 11.3 Å². The predicted molar refractivity (Wildman–Crippen MR) is 94.9 cm³/mol. The Hall–Kier alpha value is -1.69. The fourth-order valence-electron chi connectivity index (χ4n) is 4.49. The lowest BCUT2D eigenvalue weighted by molar-refractivity contribution is -0.122. The van der Waals surface area contributed by atoms with Gasteiger partial charge in [-0.2, -0.15) is 0 Å². The zero-order chi connectivity index (χ0) is 17.6. The van der Waals surface area contributed by atoms with Gasteiger partial charge in [-0.1, -0.05) is 12.8 Å². The highest BCUT2D eigenvalue weighted by Gasteiger charge is 2.50. The van der Waals surface area contributed by atoms with Crippen molar-refractivity contribution in [3.05, 3.63) is 16.0 Å². The second kappa shape index (κ2) is 6.56. The standard InChI is InChI=1S/C19H23NO4S/c1-2-24-19(23)15-13-9-5-6-10-14(13)25-18(15)20-16(21)11-7-3-4-8-12(11)17(20)22/h11-12H,2-10H2,1H3. The average molecular weight is 361 g/mol. The number of nitrogens with zero attached hydrogens (tertiary/aromatic N) is 1. The average Bonchev–Trinajstić information content (AvgIpc) is 3.11. The topological polar surface area (TPSA) is 63.7 Å². The van der Waals surface area contributed by atoms with Crippen molar-refractivity contribution >= 4 is 34.1 Å². The number of anilines is 1. The van der Waals surface area contributed by atoms with Gasteiger partial charge in [0.1, 0.15) is 5.00 Å². The lowest BCUT2D eigenvalue weighted by Crippen LogP contribution is -2.31. The number of carbonyl (C=O) groups excluding carboxylic acids is 3. The van der Waals surface area contributed by atoms with Crippen molar-refractivity contribution in [1.82, 2.24) is 0 Å². The summed E-state index contributed by atoms with van der Waals surface area (Å²) < 4.78 is 5.26. The lowest BCUT2D eigenvalue weighted by Gasteiger charge is -2.19. The van der Waals surface area contributed by atoms with Gasteiger partial charge in [0.05, 0.1) is 24.0 Å². The highest BCUT2D eigenvalue weighted by atomic mass is 32.1. The number of fused-ring (bicyclic) bond motifs is 2. The molecule has 1 aromatic rings. The zero-order valence-corrected chi connectivity index (χ0v) is 15.3. The number of imide groups is 1. The quantitative estimate of drug-likeness (QED) is 0.611. The molecule has 0 spiro atoms. The van der Waals surface area contributed by atoms with Gasteiger partial charge < -0.3 is 4.74 Å². The molecule has 2 amide bonds. The van der Waals surface area contributed by atoms with Gasteiger partial charge >= 0.3 is 5.97 Å². The maximum absolute atomic E-state index is 13.0. The van der Waals surface area contributed by atoms with Crippen LogP contribution in [0.2, 0.25) is 0 Å². The Morgan fingerprint density at radius 2 is 1.72 bits per heavy atom. The van der Waals surface area contributed by atoms with Crippen LogP contribution in [0.1, 0.15) is 66.2 Å². The molecule has 0 radical (unpaired) electrons. The van der Waals surface area contributed by atoms with Crippen LogP contribution in [0, 0.1) is 11.8 Å². The molecule has 2 fully saturated rings. The van der Waals surface area contributed by atoms with Gasteiger partial charge in [-0.05, 0) is 51.0 Å². The van der Waals surface area contributed by atoms with Crippen molar-refractivity contribution in [3.8, 4) is 0 Å². The summed E-state index contributed by atoms with van der Waals surface area (Å²) in [6.07, 6.45) is 7.42. The van der Waals surface area contributed by atoms with Crippen molar-refractivity contribution in [2.24, 2.45) is 11.8 Å². The summed E-state index contributed by atoms with van der Waals surface area (Å²) >= 11 is 1.45. The fourth-order valence-corrected chi connectivity index (χ4v) is 5.87. The molecule has 2 unspecified atom stereocenters. The number of hydrogen-bond acceptors (Lipinski definition) is 5. The Labute approximate surface area is 151 Å². The smallest absolute Gasteiger partial charge is 0.341 e. The summed E-state index contributed by atoms with van der Waals surface area (Å²) in [6, 6.07) is 0. The number of carbonyl (C=O) groups is 3. The largest absolute Gasteiger partial charge is 0.462 e. The summed E-state index contributed by atoms with van der Waals surface area (Å²) in [4.78, 5) is 41.0. The molecule has 1 saturated heterocycles. The van der Waals surface area contributed by atoms with E-state index in [1.807, 2.05) is 0 Å². The molecule has 0 bridgehead atoms. The molecule has 1 aromatic heterocycles. The van der Waals surface area contributed by atoms with Crippen LogP contribution in [0.5, 0.6) is 0 Å². The third-order valence-corrected chi connectivity index (χ3v) is 6.95. The first kappa shape index (κ1) is 16.8.